The molecule has 0 aliphatic carbocycles. The first kappa shape index (κ1) is 27.1. The molecule has 30 heavy (non-hydrogen) atoms. The summed E-state index contributed by atoms with van der Waals surface area (Å²) < 4.78 is 31.0. The molecular weight excluding hydrogens is 429 g/mol. The predicted molar refractivity (Wildman–Crippen MR) is 112 cm³/mol. The number of carbonyl (C=O) groups excluding carboxylic acids is 1. The fraction of sp³-hybridized carbons (Fsp3) is 0.409. The van der Waals surface area contributed by atoms with E-state index < -0.39 is 15.8 Å². The van der Waals surface area contributed by atoms with Crippen molar-refractivity contribution < 1.29 is 74.4 Å². The van der Waals surface area contributed by atoms with Gasteiger partial charge in [-0.3, -0.25) is 0 Å². The maximum Gasteiger partial charge on any atom is 1.00 e. The fourth-order valence-corrected chi connectivity index (χ4v) is 3.80. The van der Waals surface area contributed by atoms with Crippen LogP contribution in [0, 0.1) is 0 Å². The minimum absolute atomic E-state index is 0. The summed E-state index contributed by atoms with van der Waals surface area (Å²) in [6, 6.07) is 11.4. The maximum absolute atomic E-state index is 12.5. The Morgan fingerprint density at radius 3 is 2.07 bits per heavy atom. The van der Waals surface area contributed by atoms with E-state index in [4.69, 9.17) is 4.74 Å². The maximum atomic E-state index is 12.5. The number of anilines is 1. The van der Waals surface area contributed by atoms with Crippen LogP contribution in [-0.2, 0) is 9.84 Å². The summed E-state index contributed by atoms with van der Waals surface area (Å²) in [5.74, 6) is -0.796. The number of carboxylic acids is 1. The Balaban J connectivity index is 0.00000450. The Morgan fingerprint density at radius 2 is 1.60 bits per heavy atom. The van der Waals surface area contributed by atoms with Gasteiger partial charge in [0.25, 0.3) is 0 Å². The average Bonchev–Trinajstić information content (AvgIpc) is 2.68. The number of benzene rings is 2. The third-order valence-corrected chi connectivity index (χ3v) is 5.64. The van der Waals surface area contributed by atoms with Crippen molar-refractivity contribution in [3.8, 4) is 11.5 Å². The molecule has 2 aromatic rings. The number of aromatic carboxylic acids is 1. The molecule has 6 nitrogen and oxygen atoms in total. The number of para-hydroxylation sites is 1. The molecule has 0 saturated carbocycles. The second-order valence-electron chi connectivity index (χ2n) is 6.99. The zero-order valence-corrected chi connectivity index (χ0v) is 22.1. The number of unbranched alkanes of at least 4 members (excludes halogenated alkanes) is 2. The van der Waals surface area contributed by atoms with Crippen molar-refractivity contribution in [2.24, 2.45) is 0 Å². The van der Waals surface area contributed by atoms with Crippen molar-refractivity contribution in [1.29, 1.82) is 0 Å². The molecule has 0 atom stereocenters. The molecule has 2 rings (SSSR count). The van der Waals surface area contributed by atoms with Crippen LogP contribution in [0.5, 0.6) is 11.5 Å². The summed E-state index contributed by atoms with van der Waals surface area (Å²) in [6.07, 6.45) is 4.73. The van der Waals surface area contributed by atoms with Gasteiger partial charge in [0.15, 0.2) is 15.6 Å². The van der Waals surface area contributed by atoms with Crippen molar-refractivity contribution in [1.82, 2.24) is 0 Å². The van der Waals surface area contributed by atoms with Crippen molar-refractivity contribution in [3.05, 3.63) is 48.0 Å². The largest absolute Gasteiger partial charge is 1.00 e. The molecule has 0 amide bonds. The first-order chi connectivity index (χ1) is 13.8. The van der Waals surface area contributed by atoms with Gasteiger partial charge in [0.1, 0.15) is 10.6 Å². The van der Waals surface area contributed by atoms with Gasteiger partial charge in [0.2, 0.25) is 0 Å². The predicted octanol–water partition coefficient (Wildman–Crippen LogP) is 0.657. The third kappa shape index (κ3) is 7.66. The SMILES string of the molecule is CCCCN(CCCC)c1cc(C(=O)[O-])cc(S(C)(=O)=O)c1Oc1ccccc1.[K+]. The van der Waals surface area contributed by atoms with Crippen LogP contribution in [0.3, 0.4) is 0 Å². The third-order valence-electron chi connectivity index (χ3n) is 4.54. The van der Waals surface area contributed by atoms with Gasteiger partial charge in [-0.2, -0.15) is 0 Å². The van der Waals surface area contributed by atoms with Crippen molar-refractivity contribution >= 4 is 21.5 Å². The van der Waals surface area contributed by atoms with Crippen molar-refractivity contribution in [2.75, 3.05) is 24.2 Å². The minimum Gasteiger partial charge on any atom is -0.545 e. The van der Waals surface area contributed by atoms with Gasteiger partial charge in [-0.25, -0.2) is 8.42 Å². The number of hydrogen-bond donors (Lipinski definition) is 0. The van der Waals surface area contributed by atoms with Crippen LogP contribution in [0.25, 0.3) is 0 Å². The van der Waals surface area contributed by atoms with Crippen LogP contribution >= 0.6 is 0 Å². The molecule has 0 aliphatic heterocycles. The molecule has 8 heteroatoms. The standard InChI is InChI=1S/C22H29NO5S.K/c1-4-6-13-23(14-7-5-2)19-15-17(22(24)25)16-20(29(3,26)27)21(19)28-18-11-9-8-10-12-18;/h8-12,15-16H,4-7,13-14H2,1-3H3,(H,24,25);/q;+1/p-1. The van der Waals surface area contributed by atoms with E-state index in [1.165, 1.54) is 6.07 Å². The summed E-state index contributed by atoms with van der Waals surface area (Å²) in [4.78, 5) is 13.4. The van der Waals surface area contributed by atoms with Gasteiger partial charge in [-0.05, 0) is 37.1 Å². The van der Waals surface area contributed by atoms with Crippen LogP contribution in [0.2, 0.25) is 0 Å². The quantitative estimate of drug-likeness (QED) is 0.461. The van der Waals surface area contributed by atoms with Crippen LogP contribution in [-0.4, -0.2) is 33.7 Å². The van der Waals surface area contributed by atoms with E-state index in [2.05, 4.69) is 13.8 Å². The van der Waals surface area contributed by atoms with Crippen molar-refractivity contribution in [2.45, 2.75) is 44.4 Å². The number of ether oxygens (including phenoxy) is 1. The molecule has 0 bridgehead atoms. The molecule has 0 spiro atoms. The number of carbonyl (C=O) groups is 1. The van der Waals surface area contributed by atoms with Gasteiger partial charge in [0.05, 0.1) is 11.7 Å². The normalized spacial score (nSPS) is 10.9. The van der Waals surface area contributed by atoms with Gasteiger partial charge in [-0.15, -0.1) is 0 Å². The molecule has 2 aromatic carbocycles. The average molecular weight is 458 g/mol. The van der Waals surface area contributed by atoms with E-state index in [9.17, 15) is 18.3 Å². The minimum atomic E-state index is -3.75. The van der Waals surface area contributed by atoms with Crippen LogP contribution in [0.15, 0.2) is 47.4 Å². The first-order valence-corrected chi connectivity index (χ1v) is 11.7. The van der Waals surface area contributed by atoms with E-state index in [1.807, 2.05) is 11.0 Å². The van der Waals surface area contributed by atoms with Crippen LogP contribution in [0.1, 0.15) is 49.9 Å². The van der Waals surface area contributed by atoms with E-state index in [1.54, 1.807) is 24.3 Å². The van der Waals surface area contributed by atoms with Gasteiger partial charge in [-0.1, -0.05) is 44.9 Å². The molecule has 0 radical (unpaired) electrons. The van der Waals surface area contributed by atoms with Gasteiger partial charge in [0, 0.05) is 24.9 Å². The molecule has 0 fully saturated rings. The molecular formula is C22H28KNO5S. The molecule has 0 unspecified atom stereocenters. The Bertz CT molecular complexity index is 924. The second kappa shape index (κ2) is 12.8. The van der Waals surface area contributed by atoms with Crippen LogP contribution in [0.4, 0.5) is 5.69 Å². The molecule has 0 aromatic heterocycles. The Kier molecular flexibility index (Phi) is 11.6. The van der Waals surface area contributed by atoms with E-state index >= 15 is 0 Å². The smallest absolute Gasteiger partial charge is 0.545 e. The number of nitrogens with zero attached hydrogens (tertiary/aromatic N) is 1. The van der Waals surface area contributed by atoms with Crippen molar-refractivity contribution in [3.63, 3.8) is 0 Å². The zero-order chi connectivity index (χ0) is 21.4. The molecule has 0 aliphatic rings. The second-order valence-corrected chi connectivity index (χ2v) is 8.98. The van der Waals surface area contributed by atoms with E-state index in [0.29, 0.717) is 24.5 Å². The fourth-order valence-electron chi connectivity index (χ4n) is 2.98. The summed E-state index contributed by atoms with van der Waals surface area (Å²) >= 11 is 0. The van der Waals surface area contributed by atoms with E-state index in [-0.39, 0.29) is 67.6 Å². The summed E-state index contributed by atoms with van der Waals surface area (Å²) in [7, 11) is -3.75. The zero-order valence-electron chi connectivity index (χ0n) is 18.2. The Hall–Kier alpha value is -0.904. The summed E-state index contributed by atoms with van der Waals surface area (Å²) in [5, 5.41) is 11.6. The number of hydrogen-bond acceptors (Lipinski definition) is 6. The monoisotopic (exact) mass is 457 g/mol. The molecule has 158 valence electrons. The van der Waals surface area contributed by atoms with E-state index in [0.717, 1.165) is 38.0 Å². The van der Waals surface area contributed by atoms with Gasteiger partial charge >= 0.3 is 51.4 Å². The molecule has 0 heterocycles. The van der Waals surface area contributed by atoms with Crippen LogP contribution < -0.4 is 66.1 Å². The number of rotatable bonds is 11. The summed E-state index contributed by atoms with van der Waals surface area (Å²) in [6.45, 7) is 5.47. The first-order valence-electron chi connectivity index (χ1n) is 9.85. The van der Waals surface area contributed by atoms with Gasteiger partial charge < -0.3 is 19.5 Å². The number of sulfone groups is 1. The number of carboxylic acid groups (broad SMARTS) is 1. The molecule has 0 N–H and O–H groups in total. The summed E-state index contributed by atoms with van der Waals surface area (Å²) in [5.41, 5.74) is 0.275. The topological polar surface area (TPSA) is 86.7 Å². The Labute approximate surface area is 222 Å². The Morgan fingerprint density at radius 1 is 1.03 bits per heavy atom. The molecule has 0 saturated heterocycles.